The van der Waals surface area contributed by atoms with E-state index in [-0.39, 0.29) is 22.3 Å². The summed E-state index contributed by atoms with van der Waals surface area (Å²) in [6.07, 6.45) is 3.49. The maximum absolute atomic E-state index is 12.2. The van der Waals surface area contributed by atoms with Crippen LogP contribution in [0.2, 0.25) is 0 Å². The van der Waals surface area contributed by atoms with Crippen molar-refractivity contribution in [2.45, 2.75) is 52.4 Å². The van der Waals surface area contributed by atoms with E-state index in [0.29, 0.717) is 56.1 Å². The number of nitrogens with zero attached hydrogens (tertiary/aromatic N) is 4. The van der Waals surface area contributed by atoms with E-state index in [0.717, 1.165) is 44.2 Å². The predicted octanol–water partition coefficient (Wildman–Crippen LogP) is 13.6. The monoisotopic (exact) mass is 782 g/mol. The Labute approximate surface area is 351 Å². The Bertz CT molecular complexity index is 2840. The second-order valence-corrected chi connectivity index (χ2v) is 17.5. The number of benzene rings is 5. The van der Waals surface area contributed by atoms with Crippen molar-refractivity contribution in [1.29, 1.82) is 0 Å². The molecule has 60 heavy (non-hydrogen) atoms. The summed E-state index contributed by atoms with van der Waals surface area (Å²) < 4.78 is 0. The zero-order chi connectivity index (χ0) is 41.8. The summed E-state index contributed by atoms with van der Waals surface area (Å²) in [5, 5.41) is 26.3. The molecule has 0 saturated heterocycles. The molecule has 6 heteroatoms. The SMILES string of the molecule is CC(C)(C)c1cc(-c2ccccn2)c(O)c(-c2cc(-c3ccccc3)c3ccc4c(-c5ccccc5)cc(-c5cc(C(C)(C)C)cc(-c6ccccn6)c5O)nc4c3n2)c1. The molecular weight excluding hydrogens is 737 g/mol. The van der Waals surface area contributed by atoms with Crippen molar-refractivity contribution in [3.63, 3.8) is 0 Å². The fraction of sp³-hybridized carbons (Fsp3) is 0.148. The van der Waals surface area contributed by atoms with E-state index in [1.807, 2.05) is 84.9 Å². The van der Waals surface area contributed by atoms with Gasteiger partial charge in [0.15, 0.2) is 0 Å². The molecule has 0 atom stereocenters. The zero-order valence-corrected chi connectivity index (χ0v) is 34.7. The van der Waals surface area contributed by atoms with Gasteiger partial charge in [-0.2, -0.15) is 0 Å². The van der Waals surface area contributed by atoms with Crippen LogP contribution < -0.4 is 0 Å². The van der Waals surface area contributed by atoms with Gasteiger partial charge in [0.2, 0.25) is 0 Å². The number of aromatic hydroxyl groups is 2. The third-order valence-corrected chi connectivity index (χ3v) is 11.3. The molecule has 9 rings (SSSR count). The van der Waals surface area contributed by atoms with Gasteiger partial charge >= 0.3 is 0 Å². The zero-order valence-electron chi connectivity index (χ0n) is 34.7. The van der Waals surface area contributed by atoms with Crippen LogP contribution in [0.3, 0.4) is 0 Å². The highest BCUT2D eigenvalue weighted by Gasteiger charge is 2.26. The molecule has 0 aliphatic rings. The van der Waals surface area contributed by atoms with Crippen LogP contribution in [-0.4, -0.2) is 30.1 Å². The van der Waals surface area contributed by atoms with Crippen molar-refractivity contribution in [2.24, 2.45) is 0 Å². The Balaban J connectivity index is 1.41. The summed E-state index contributed by atoms with van der Waals surface area (Å²) in [7, 11) is 0. The molecule has 9 aromatic rings. The summed E-state index contributed by atoms with van der Waals surface area (Å²) in [5.74, 6) is 0.217. The minimum atomic E-state index is -0.240. The topological polar surface area (TPSA) is 92.0 Å². The van der Waals surface area contributed by atoms with Crippen LogP contribution in [0.25, 0.3) is 89.1 Å². The van der Waals surface area contributed by atoms with E-state index in [1.54, 1.807) is 12.4 Å². The quantitative estimate of drug-likeness (QED) is 0.163. The van der Waals surface area contributed by atoms with E-state index < -0.39 is 0 Å². The second-order valence-electron chi connectivity index (χ2n) is 17.5. The molecule has 0 aliphatic heterocycles. The molecule has 6 nitrogen and oxygen atoms in total. The summed E-state index contributed by atoms with van der Waals surface area (Å²) in [4.78, 5) is 20.2. The van der Waals surface area contributed by atoms with Crippen LogP contribution >= 0.6 is 0 Å². The van der Waals surface area contributed by atoms with E-state index in [4.69, 9.17) is 9.97 Å². The van der Waals surface area contributed by atoms with Crippen LogP contribution in [0.15, 0.2) is 158 Å². The number of rotatable bonds is 6. The molecule has 4 aromatic heterocycles. The van der Waals surface area contributed by atoms with Crippen LogP contribution in [0.4, 0.5) is 0 Å². The van der Waals surface area contributed by atoms with Gasteiger partial charge in [-0.05, 0) is 105 Å². The first kappa shape index (κ1) is 38.3. The summed E-state index contributed by atoms with van der Waals surface area (Å²) in [5.41, 5.74) is 12.0. The van der Waals surface area contributed by atoms with Gasteiger partial charge in [0.1, 0.15) is 11.5 Å². The lowest BCUT2D eigenvalue weighted by atomic mass is 9.83. The largest absolute Gasteiger partial charge is 0.507 e. The summed E-state index contributed by atoms with van der Waals surface area (Å²) in [6.45, 7) is 13.0. The van der Waals surface area contributed by atoms with Gasteiger partial charge in [-0.25, -0.2) is 9.97 Å². The minimum Gasteiger partial charge on any atom is -0.507 e. The molecule has 0 amide bonds. The van der Waals surface area contributed by atoms with E-state index in [2.05, 4.69) is 112 Å². The molecule has 0 bridgehead atoms. The van der Waals surface area contributed by atoms with E-state index >= 15 is 0 Å². The lowest BCUT2D eigenvalue weighted by Crippen LogP contribution is -2.11. The standard InChI is InChI=1S/C54H46N4O2/c1-53(2,3)35-27-41(45-21-13-15-25-55-45)51(59)43(29-35)47-31-39(33-17-9-7-10-18-33)37-23-24-38-40(34-19-11-8-12-20-34)32-48(58-50(38)49(37)57-47)44-30-36(54(4,5)6)28-42(52(44)60)46-22-14-16-26-56-46/h7-32,59-60H,1-6H3. The fourth-order valence-corrected chi connectivity index (χ4v) is 7.92. The molecule has 2 N–H and O–H groups in total. The number of fused-ring (bicyclic) bond motifs is 3. The summed E-state index contributed by atoms with van der Waals surface area (Å²) >= 11 is 0. The fourth-order valence-electron chi connectivity index (χ4n) is 7.92. The number of aromatic nitrogens is 4. The van der Waals surface area contributed by atoms with Gasteiger partial charge in [0.25, 0.3) is 0 Å². The number of phenols is 2. The maximum Gasteiger partial charge on any atom is 0.134 e. The highest BCUT2D eigenvalue weighted by molar-refractivity contribution is 6.13. The number of pyridine rings is 4. The normalized spacial score (nSPS) is 12.0. The smallest absolute Gasteiger partial charge is 0.134 e. The molecule has 5 aromatic carbocycles. The van der Waals surface area contributed by atoms with Gasteiger partial charge in [0, 0.05) is 45.4 Å². The van der Waals surface area contributed by atoms with E-state index in [1.165, 1.54) is 0 Å². The van der Waals surface area contributed by atoms with Crippen LogP contribution in [0.5, 0.6) is 11.5 Å². The molecule has 0 fully saturated rings. The van der Waals surface area contributed by atoms with Gasteiger partial charge < -0.3 is 10.2 Å². The van der Waals surface area contributed by atoms with Gasteiger partial charge in [0.05, 0.1) is 33.8 Å². The Kier molecular flexibility index (Phi) is 9.51. The van der Waals surface area contributed by atoms with Crippen molar-refractivity contribution in [3.05, 3.63) is 169 Å². The van der Waals surface area contributed by atoms with Crippen LogP contribution in [0.1, 0.15) is 52.7 Å². The highest BCUT2D eigenvalue weighted by Crippen LogP contribution is 2.46. The Hall–Kier alpha value is -7.18. The van der Waals surface area contributed by atoms with Crippen molar-refractivity contribution in [2.75, 3.05) is 0 Å². The molecule has 4 heterocycles. The molecule has 0 radical (unpaired) electrons. The van der Waals surface area contributed by atoms with Crippen molar-refractivity contribution in [1.82, 2.24) is 19.9 Å². The number of hydrogen-bond acceptors (Lipinski definition) is 6. The van der Waals surface area contributed by atoms with Crippen molar-refractivity contribution >= 4 is 21.8 Å². The van der Waals surface area contributed by atoms with Gasteiger partial charge in [-0.15, -0.1) is 0 Å². The third-order valence-electron chi connectivity index (χ3n) is 11.3. The maximum atomic E-state index is 12.2. The third kappa shape index (κ3) is 7.04. The molecule has 0 unspecified atom stereocenters. The molecule has 0 aliphatic carbocycles. The molecule has 294 valence electrons. The van der Waals surface area contributed by atoms with Crippen LogP contribution in [-0.2, 0) is 10.8 Å². The predicted molar refractivity (Wildman–Crippen MR) is 246 cm³/mol. The average Bonchev–Trinajstić information content (AvgIpc) is 3.26. The highest BCUT2D eigenvalue weighted by atomic mass is 16.3. The number of phenolic OH excluding ortho intramolecular Hbond substituents is 2. The lowest BCUT2D eigenvalue weighted by Gasteiger charge is -2.23. The Morgan fingerprint density at radius 3 is 1.05 bits per heavy atom. The minimum absolute atomic E-state index is 0.109. The van der Waals surface area contributed by atoms with Gasteiger partial charge in [-0.1, -0.05) is 126 Å². The Morgan fingerprint density at radius 2 is 0.717 bits per heavy atom. The Morgan fingerprint density at radius 1 is 0.367 bits per heavy atom. The lowest BCUT2D eigenvalue weighted by molar-refractivity contribution is 0.477. The molecule has 0 spiro atoms. The van der Waals surface area contributed by atoms with E-state index in [9.17, 15) is 10.2 Å². The van der Waals surface area contributed by atoms with Gasteiger partial charge in [-0.3, -0.25) is 9.97 Å². The average molecular weight is 783 g/mol. The number of hydrogen-bond donors (Lipinski definition) is 2. The molecule has 0 saturated carbocycles. The first-order chi connectivity index (χ1) is 28.8. The second kappa shape index (κ2) is 14.9. The summed E-state index contributed by atoms with van der Waals surface area (Å²) in [6, 6.07) is 48.6. The van der Waals surface area contributed by atoms with Crippen molar-refractivity contribution in [3.8, 4) is 78.8 Å². The first-order valence-corrected chi connectivity index (χ1v) is 20.3. The van der Waals surface area contributed by atoms with Crippen LogP contribution in [0, 0.1) is 0 Å². The first-order valence-electron chi connectivity index (χ1n) is 20.3. The molecular formula is C54H46N4O2. The van der Waals surface area contributed by atoms with Crippen molar-refractivity contribution < 1.29 is 10.2 Å².